The van der Waals surface area contributed by atoms with Crippen LogP contribution in [0.1, 0.15) is 32.3 Å². The zero-order chi connectivity index (χ0) is 11.8. The van der Waals surface area contributed by atoms with Crippen LogP contribution in [0.2, 0.25) is 0 Å². The van der Waals surface area contributed by atoms with Crippen molar-refractivity contribution in [3.63, 3.8) is 0 Å². The summed E-state index contributed by atoms with van der Waals surface area (Å²) in [5.41, 5.74) is 1.72. The lowest BCUT2D eigenvalue weighted by Gasteiger charge is -2.27. The van der Waals surface area contributed by atoms with E-state index >= 15 is 0 Å². The molecule has 84 valence electrons. The summed E-state index contributed by atoms with van der Waals surface area (Å²) in [7, 11) is 0. The van der Waals surface area contributed by atoms with Crippen molar-refractivity contribution in [2.75, 3.05) is 0 Å². The number of carbonyl (C=O) groups excluding carboxylic acids is 1. The summed E-state index contributed by atoms with van der Waals surface area (Å²) < 4.78 is 12.8. The standard InChI is InChI=1S/C14H15FO/c1-14(2)8-7-11(9-13(14)16)10-3-5-12(15)6-4-10/h3-6,9H,7-8H2,1-2H3. The molecular formula is C14H15FO. The fourth-order valence-corrected chi connectivity index (χ4v) is 1.89. The third-order valence-electron chi connectivity index (χ3n) is 3.21. The molecule has 0 unspecified atom stereocenters. The van der Waals surface area contributed by atoms with Crippen LogP contribution in [0.15, 0.2) is 30.3 Å². The molecule has 1 nitrogen and oxygen atoms in total. The first-order valence-electron chi connectivity index (χ1n) is 5.50. The van der Waals surface area contributed by atoms with Crippen molar-refractivity contribution in [1.82, 2.24) is 0 Å². The highest BCUT2D eigenvalue weighted by atomic mass is 19.1. The lowest BCUT2D eigenvalue weighted by molar-refractivity contribution is -0.122. The van der Waals surface area contributed by atoms with Gasteiger partial charge < -0.3 is 0 Å². The molecule has 0 N–H and O–H groups in total. The Bertz CT molecular complexity index is 440. The predicted molar refractivity (Wildman–Crippen MR) is 62.4 cm³/mol. The molecule has 1 aromatic carbocycles. The average molecular weight is 218 g/mol. The van der Waals surface area contributed by atoms with E-state index in [9.17, 15) is 9.18 Å². The number of ketones is 1. The van der Waals surface area contributed by atoms with Gasteiger partial charge >= 0.3 is 0 Å². The number of hydrogen-bond donors (Lipinski definition) is 0. The minimum atomic E-state index is -0.246. The Morgan fingerprint density at radius 2 is 1.81 bits per heavy atom. The van der Waals surface area contributed by atoms with Crippen LogP contribution >= 0.6 is 0 Å². The number of halogens is 1. The quantitative estimate of drug-likeness (QED) is 0.704. The second kappa shape index (κ2) is 3.85. The van der Waals surface area contributed by atoms with Gasteiger partial charge in [0, 0.05) is 5.41 Å². The molecule has 0 amide bonds. The number of hydrogen-bond acceptors (Lipinski definition) is 1. The molecule has 1 aliphatic carbocycles. The van der Waals surface area contributed by atoms with Crippen LogP contribution in [-0.2, 0) is 4.79 Å². The Morgan fingerprint density at radius 1 is 1.19 bits per heavy atom. The molecule has 0 fully saturated rings. The normalized spacial score (nSPS) is 19.4. The van der Waals surface area contributed by atoms with Crippen LogP contribution in [0.25, 0.3) is 5.57 Å². The SMILES string of the molecule is CC1(C)CCC(c2ccc(F)cc2)=CC1=O. The van der Waals surface area contributed by atoms with Gasteiger partial charge in [-0.2, -0.15) is 0 Å². The summed E-state index contributed by atoms with van der Waals surface area (Å²) in [5.74, 6) is -0.0788. The highest BCUT2D eigenvalue weighted by Crippen LogP contribution is 2.35. The van der Waals surface area contributed by atoms with Gasteiger partial charge in [-0.1, -0.05) is 26.0 Å². The Hall–Kier alpha value is -1.44. The summed E-state index contributed by atoms with van der Waals surface area (Å²) in [5, 5.41) is 0. The van der Waals surface area contributed by atoms with Crippen LogP contribution in [0.5, 0.6) is 0 Å². The number of rotatable bonds is 1. The average Bonchev–Trinajstić information content (AvgIpc) is 2.24. The Balaban J connectivity index is 2.30. The largest absolute Gasteiger partial charge is 0.294 e. The van der Waals surface area contributed by atoms with Gasteiger partial charge in [0.15, 0.2) is 5.78 Å². The van der Waals surface area contributed by atoms with Crippen LogP contribution in [0.3, 0.4) is 0 Å². The van der Waals surface area contributed by atoms with E-state index in [1.807, 2.05) is 13.8 Å². The topological polar surface area (TPSA) is 17.1 Å². The van der Waals surface area contributed by atoms with Gasteiger partial charge in [0.1, 0.15) is 5.82 Å². The first-order chi connectivity index (χ1) is 7.49. The molecule has 2 heteroatoms. The van der Waals surface area contributed by atoms with Crippen molar-refractivity contribution in [3.8, 4) is 0 Å². The molecule has 0 saturated carbocycles. The summed E-state index contributed by atoms with van der Waals surface area (Å²) in [6.07, 6.45) is 3.44. The van der Waals surface area contributed by atoms with Crippen LogP contribution in [-0.4, -0.2) is 5.78 Å². The minimum absolute atomic E-state index is 0.165. The van der Waals surface area contributed by atoms with E-state index in [4.69, 9.17) is 0 Å². The lowest BCUT2D eigenvalue weighted by Crippen LogP contribution is -2.25. The fraction of sp³-hybridized carbons (Fsp3) is 0.357. The Kier molecular flexibility index (Phi) is 2.66. The number of carbonyl (C=O) groups is 1. The molecular weight excluding hydrogens is 203 g/mol. The molecule has 0 atom stereocenters. The molecule has 0 aliphatic heterocycles. The van der Waals surface area contributed by atoms with E-state index in [0.29, 0.717) is 0 Å². The second-order valence-corrected chi connectivity index (χ2v) is 4.92. The molecule has 0 spiro atoms. The van der Waals surface area contributed by atoms with Gasteiger partial charge in [-0.05, 0) is 42.2 Å². The molecule has 0 aromatic heterocycles. The van der Waals surface area contributed by atoms with Crippen LogP contribution in [0.4, 0.5) is 4.39 Å². The molecule has 1 aromatic rings. The Labute approximate surface area is 95.0 Å². The van der Waals surface area contributed by atoms with Gasteiger partial charge in [0.2, 0.25) is 0 Å². The maximum absolute atomic E-state index is 12.8. The number of allylic oxidation sites excluding steroid dienone is 2. The summed E-state index contributed by atoms with van der Waals surface area (Å²) in [6.45, 7) is 3.93. The molecule has 1 aliphatic rings. The zero-order valence-electron chi connectivity index (χ0n) is 9.59. The van der Waals surface area contributed by atoms with Crippen molar-refractivity contribution in [2.24, 2.45) is 5.41 Å². The molecule has 0 heterocycles. The molecule has 2 rings (SSSR count). The molecule has 16 heavy (non-hydrogen) atoms. The zero-order valence-corrected chi connectivity index (χ0v) is 9.59. The fourth-order valence-electron chi connectivity index (χ4n) is 1.89. The summed E-state index contributed by atoms with van der Waals surface area (Å²) in [6, 6.07) is 6.32. The number of benzene rings is 1. The van der Waals surface area contributed by atoms with E-state index < -0.39 is 0 Å². The minimum Gasteiger partial charge on any atom is -0.294 e. The third kappa shape index (κ3) is 2.06. The summed E-state index contributed by atoms with van der Waals surface area (Å²) in [4.78, 5) is 11.8. The van der Waals surface area contributed by atoms with E-state index in [-0.39, 0.29) is 17.0 Å². The highest BCUT2D eigenvalue weighted by Gasteiger charge is 2.29. The van der Waals surface area contributed by atoms with Crippen molar-refractivity contribution >= 4 is 11.4 Å². The van der Waals surface area contributed by atoms with Gasteiger partial charge in [0.05, 0.1) is 0 Å². The van der Waals surface area contributed by atoms with Crippen molar-refractivity contribution in [3.05, 3.63) is 41.7 Å². The highest BCUT2D eigenvalue weighted by molar-refractivity contribution is 6.01. The maximum atomic E-state index is 12.8. The van der Waals surface area contributed by atoms with Crippen LogP contribution in [0, 0.1) is 11.2 Å². The lowest BCUT2D eigenvalue weighted by atomic mass is 9.76. The van der Waals surface area contributed by atoms with Crippen molar-refractivity contribution < 1.29 is 9.18 Å². The van der Waals surface area contributed by atoms with Gasteiger partial charge in [-0.3, -0.25) is 4.79 Å². The molecule has 0 saturated heterocycles. The Morgan fingerprint density at radius 3 is 2.38 bits per heavy atom. The monoisotopic (exact) mass is 218 g/mol. The van der Waals surface area contributed by atoms with E-state index in [1.165, 1.54) is 12.1 Å². The summed E-state index contributed by atoms with van der Waals surface area (Å²) >= 11 is 0. The van der Waals surface area contributed by atoms with Crippen LogP contribution < -0.4 is 0 Å². The third-order valence-corrected chi connectivity index (χ3v) is 3.21. The second-order valence-electron chi connectivity index (χ2n) is 4.92. The molecule has 0 radical (unpaired) electrons. The first-order valence-corrected chi connectivity index (χ1v) is 5.50. The van der Waals surface area contributed by atoms with Gasteiger partial charge in [0.25, 0.3) is 0 Å². The smallest absolute Gasteiger partial charge is 0.161 e. The van der Waals surface area contributed by atoms with E-state index in [1.54, 1.807) is 18.2 Å². The predicted octanol–water partition coefficient (Wildman–Crippen LogP) is 3.60. The molecule has 0 bridgehead atoms. The van der Waals surface area contributed by atoms with Crippen molar-refractivity contribution in [1.29, 1.82) is 0 Å². The van der Waals surface area contributed by atoms with E-state index in [0.717, 1.165) is 24.0 Å². The van der Waals surface area contributed by atoms with Crippen molar-refractivity contribution in [2.45, 2.75) is 26.7 Å². The maximum Gasteiger partial charge on any atom is 0.161 e. The first kappa shape index (κ1) is 11.1. The van der Waals surface area contributed by atoms with Gasteiger partial charge in [-0.15, -0.1) is 0 Å². The van der Waals surface area contributed by atoms with Gasteiger partial charge in [-0.25, -0.2) is 4.39 Å². The van der Waals surface area contributed by atoms with E-state index in [2.05, 4.69) is 0 Å².